The molecule has 0 aliphatic carbocycles. The number of nitrogens with zero attached hydrogens (tertiary/aromatic N) is 2. The smallest absolute Gasteiger partial charge is 0.414 e. The molecule has 0 atom stereocenters. The molecule has 2 aromatic rings. The summed E-state index contributed by atoms with van der Waals surface area (Å²) in [5, 5.41) is 14.2. The lowest BCUT2D eigenvalue weighted by Crippen LogP contribution is -2.24. The number of cyclic esters (lactones) is 1. The van der Waals surface area contributed by atoms with Gasteiger partial charge in [0.1, 0.15) is 12.4 Å². The summed E-state index contributed by atoms with van der Waals surface area (Å²) in [6, 6.07) is 8.90. The first kappa shape index (κ1) is 18.6. The Hall–Kier alpha value is -3.20. The van der Waals surface area contributed by atoms with Crippen LogP contribution >= 0.6 is 0 Å². The monoisotopic (exact) mass is 375 g/mol. The zero-order chi connectivity index (χ0) is 19.4. The maximum atomic E-state index is 13.7. The summed E-state index contributed by atoms with van der Waals surface area (Å²) in [6.45, 7) is 1.02. The topological polar surface area (TPSA) is 93.9 Å². The molecule has 0 spiro atoms. The summed E-state index contributed by atoms with van der Waals surface area (Å²) in [5.74, 6) is -0.351. The first-order valence-corrected chi connectivity index (χ1v) is 8.22. The molecule has 1 saturated heterocycles. The lowest BCUT2D eigenvalue weighted by Gasteiger charge is -2.18. The summed E-state index contributed by atoms with van der Waals surface area (Å²) < 4.78 is 23.6. The first-order valence-electron chi connectivity index (χ1n) is 8.22. The number of nitrogens with one attached hydrogen (secondary N) is 1. The van der Waals surface area contributed by atoms with Crippen molar-refractivity contribution >= 4 is 23.2 Å². The zero-order valence-electron chi connectivity index (χ0n) is 14.6. The molecule has 9 heteroatoms. The molecule has 1 N–H and O–H groups in total. The van der Waals surface area contributed by atoms with Crippen molar-refractivity contribution in [2.24, 2.45) is 0 Å². The summed E-state index contributed by atoms with van der Waals surface area (Å²) in [6.07, 6.45) is -0.553. The van der Waals surface area contributed by atoms with Gasteiger partial charge in [0.25, 0.3) is 5.69 Å². The van der Waals surface area contributed by atoms with Crippen molar-refractivity contribution in [2.75, 3.05) is 30.5 Å². The highest BCUT2D eigenvalue weighted by molar-refractivity contribution is 5.94. The zero-order valence-corrected chi connectivity index (χ0v) is 14.6. The molecule has 1 aliphatic rings. The van der Waals surface area contributed by atoms with E-state index in [1.54, 1.807) is 18.2 Å². The summed E-state index contributed by atoms with van der Waals surface area (Å²) >= 11 is 0. The quantitative estimate of drug-likeness (QED) is 0.588. The number of carbonyl (C=O) groups is 1. The van der Waals surface area contributed by atoms with Gasteiger partial charge in [-0.1, -0.05) is 6.07 Å². The van der Waals surface area contributed by atoms with E-state index in [0.717, 1.165) is 5.56 Å². The van der Waals surface area contributed by atoms with E-state index in [-0.39, 0.29) is 24.7 Å². The number of nitro groups is 1. The summed E-state index contributed by atoms with van der Waals surface area (Å²) in [4.78, 5) is 23.8. The van der Waals surface area contributed by atoms with Gasteiger partial charge in [-0.3, -0.25) is 15.0 Å². The molecular weight excluding hydrogens is 357 g/mol. The second-order valence-corrected chi connectivity index (χ2v) is 5.94. The number of hydrogen-bond donors (Lipinski definition) is 1. The van der Waals surface area contributed by atoms with Crippen LogP contribution in [0.1, 0.15) is 11.1 Å². The number of anilines is 2. The molecular formula is C18H18FN3O5. The van der Waals surface area contributed by atoms with E-state index >= 15 is 0 Å². The van der Waals surface area contributed by atoms with Crippen LogP contribution in [0.5, 0.6) is 0 Å². The average Bonchev–Trinajstić information content (AvgIpc) is 3.08. The molecule has 1 amide bonds. The summed E-state index contributed by atoms with van der Waals surface area (Å²) in [7, 11) is 1.49. The molecule has 0 radical (unpaired) electrons. The van der Waals surface area contributed by atoms with Crippen LogP contribution in [0.4, 0.5) is 26.2 Å². The van der Waals surface area contributed by atoms with Crippen LogP contribution in [0.15, 0.2) is 36.4 Å². The number of halogens is 1. The van der Waals surface area contributed by atoms with E-state index in [2.05, 4.69) is 5.32 Å². The van der Waals surface area contributed by atoms with Gasteiger partial charge in [-0.25, -0.2) is 9.18 Å². The number of nitro benzene ring substituents is 1. The molecule has 2 aromatic carbocycles. The Bertz CT molecular complexity index is 874. The van der Waals surface area contributed by atoms with E-state index in [9.17, 15) is 19.3 Å². The van der Waals surface area contributed by atoms with Crippen molar-refractivity contribution in [1.29, 1.82) is 0 Å². The largest absolute Gasteiger partial charge is 0.447 e. The lowest BCUT2D eigenvalue weighted by molar-refractivity contribution is -0.384. The third kappa shape index (κ3) is 4.14. The molecule has 0 saturated carbocycles. The maximum Gasteiger partial charge on any atom is 0.414 e. The highest BCUT2D eigenvalue weighted by atomic mass is 19.1. The fourth-order valence-electron chi connectivity index (χ4n) is 2.82. The van der Waals surface area contributed by atoms with Crippen molar-refractivity contribution in [2.45, 2.75) is 13.2 Å². The third-order valence-corrected chi connectivity index (χ3v) is 4.14. The van der Waals surface area contributed by atoms with E-state index < -0.39 is 11.0 Å². The summed E-state index contributed by atoms with van der Waals surface area (Å²) in [5.41, 5.74) is 2.02. The fraction of sp³-hybridized carbons (Fsp3) is 0.278. The SMILES string of the molecule is COCc1cc(CNc2ccc([N+](=O)[O-])cc2N2CCOC2=O)ccc1F. The second-order valence-electron chi connectivity index (χ2n) is 5.94. The molecule has 27 heavy (non-hydrogen) atoms. The number of ether oxygens (including phenoxy) is 2. The van der Waals surface area contributed by atoms with E-state index in [1.807, 2.05) is 0 Å². The Morgan fingerprint density at radius 2 is 2.15 bits per heavy atom. The van der Waals surface area contributed by atoms with Crippen LogP contribution in [-0.2, 0) is 22.6 Å². The average molecular weight is 375 g/mol. The molecule has 0 aromatic heterocycles. The highest BCUT2D eigenvalue weighted by Gasteiger charge is 2.27. The maximum absolute atomic E-state index is 13.7. The van der Waals surface area contributed by atoms with Gasteiger partial charge in [0.15, 0.2) is 0 Å². The van der Waals surface area contributed by atoms with Crippen molar-refractivity contribution in [1.82, 2.24) is 0 Å². The molecule has 8 nitrogen and oxygen atoms in total. The Morgan fingerprint density at radius 3 is 2.81 bits per heavy atom. The minimum Gasteiger partial charge on any atom is -0.447 e. The Labute approximate surface area is 154 Å². The van der Waals surface area contributed by atoms with Gasteiger partial charge in [0.05, 0.1) is 29.4 Å². The second kappa shape index (κ2) is 8.00. The number of rotatable bonds is 7. The van der Waals surface area contributed by atoms with Crippen LogP contribution < -0.4 is 10.2 Å². The van der Waals surface area contributed by atoms with Gasteiger partial charge in [-0.05, 0) is 23.8 Å². The standard InChI is InChI=1S/C18H18FN3O5/c1-26-11-13-8-12(2-4-15(13)19)10-20-16-5-3-14(22(24)25)9-17(16)21-6-7-27-18(21)23/h2-5,8-9,20H,6-7,10-11H2,1H3. The normalized spacial score (nSPS) is 13.6. The van der Waals surface area contributed by atoms with Gasteiger partial charge >= 0.3 is 6.09 Å². The van der Waals surface area contributed by atoms with Gasteiger partial charge in [0.2, 0.25) is 0 Å². The van der Waals surface area contributed by atoms with E-state index in [1.165, 1.54) is 30.2 Å². The Morgan fingerprint density at radius 1 is 1.33 bits per heavy atom. The number of carbonyl (C=O) groups excluding carboxylic acids is 1. The molecule has 0 bridgehead atoms. The van der Waals surface area contributed by atoms with Crippen LogP contribution in [0, 0.1) is 15.9 Å². The fourth-order valence-corrected chi connectivity index (χ4v) is 2.82. The van der Waals surface area contributed by atoms with Crippen molar-refractivity contribution < 1.29 is 23.6 Å². The molecule has 1 aliphatic heterocycles. The number of methoxy groups -OCH3 is 1. The number of non-ortho nitro benzene ring substituents is 1. The van der Waals surface area contributed by atoms with Crippen LogP contribution in [0.2, 0.25) is 0 Å². The van der Waals surface area contributed by atoms with Crippen LogP contribution in [-0.4, -0.2) is 31.3 Å². The molecule has 0 unspecified atom stereocenters. The van der Waals surface area contributed by atoms with Gasteiger partial charge in [-0.15, -0.1) is 0 Å². The Balaban J connectivity index is 1.85. The molecule has 1 fully saturated rings. The van der Waals surface area contributed by atoms with Gasteiger partial charge in [-0.2, -0.15) is 0 Å². The van der Waals surface area contributed by atoms with E-state index in [4.69, 9.17) is 9.47 Å². The van der Waals surface area contributed by atoms with Crippen LogP contribution in [0.25, 0.3) is 0 Å². The number of amides is 1. The van der Waals surface area contributed by atoms with Gasteiger partial charge in [0, 0.05) is 31.4 Å². The van der Waals surface area contributed by atoms with E-state index in [0.29, 0.717) is 30.0 Å². The highest BCUT2D eigenvalue weighted by Crippen LogP contribution is 2.32. The number of benzene rings is 2. The van der Waals surface area contributed by atoms with Gasteiger partial charge < -0.3 is 14.8 Å². The molecule has 142 valence electrons. The van der Waals surface area contributed by atoms with Crippen LogP contribution in [0.3, 0.4) is 0 Å². The predicted molar refractivity (Wildman–Crippen MR) is 96.2 cm³/mol. The first-order chi connectivity index (χ1) is 13.0. The molecule has 1 heterocycles. The minimum atomic E-state index is -0.553. The Kier molecular flexibility index (Phi) is 5.51. The molecule has 3 rings (SSSR count). The number of hydrogen-bond acceptors (Lipinski definition) is 6. The van der Waals surface area contributed by atoms with Crippen molar-refractivity contribution in [3.8, 4) is 0 Å². The predicted octanol–water partition coefficient (Wildman–Crippen LogP) is 3.45. The lowest BCUT2D eigenvalue weighted by atomic mass is 10.1. The van der Waals surface area contributed by atoms with Crippen molar-refractivity contribution in [3.63, 3.8) is 0 Å². The third-order valence-electron chi connectivity index (χ3n) is 4.14. The minimum absolute atomic E-state index is 0.126. The van der Waals surface area contributed by atoms with Crippen molar-refractivity contribution in [3.05, 3.63) is 63.5 Å².